The zero-order valence-electron chi connectivity index (χ0n) is 16.9. The maximum absolute atomic E-state index is 12.7. The molecule has 2 N–H and O–H groups in total. The average molecular weight is 435 g/mol. The van der Waals surface area contributed by atoms with Crippen LogP contribution in [-0.2, 0) is 14.3 Å². The van der Waals surface area contributed by atoms with Gasteiger partial charge < -0.3 is 10.1 Å². The Morgan fingerprint density at radius 1 is 1.20 bits per heavy atom. The van der Waals surface area contributed by atoms with E-state index >= 15 is 0 Å². The molecular weight excluding hydrogens is 408 g/mol. The second kappa shape index (κ2) is 8.91. The van der Waals surface area contributed by atoms with Gasteiger partial charge in [-0.2, -0.15) is 5.01 Å². The Kier molecular flexibility index (Phi) is 6.26. The van der Waals surface area contributed by atoms with Gasteiger partial charge in [0, 0.05) is 31.1 Å². The minimum Gasteiger partial charge on any atom is -0.371 e. The Morgan fingerprint density at radius 3 is 2.67 bits per heavy atom. The molecule has 1 saturated carbocycles. The molecule has 3 fully saturated rings. The van der Waals surface area contributed by atoms with E-state index in [4.69, 9.17) is 16.3 Å². The van der Waals surface area contributed by atoms with E-state index in [0.717, 1.165) is 36.4 Å². The molecule has 0 aromatic heterocycles. The Morgan fingerprint density at radius 2 is 1.93 bits per heavy atom. The number of urea groups is 1. The van der Waals surface area contributed by atoms with Crippen LogP contribution in [0.4, 0.5) is 4.79 Å². The van der Waals surface area contributed by atoms with Gasteiger partial charge in [-0.05, 0) is 30.5 Å². The lowest BCUT2D eigenvalue weighted by atomic mass is 9.82. The normalized spacial score (nSPS) is 24.2. The summed E-state index contributed by atoms with van der Waals surface area (Å²) in [6, 6.07) is 7.03. The number of benzene rings is 1. The number of rotatable bonds is 5. The number of ether oxygens (including phenoxy) is 1. The Bertz CT molecular complexity index is 810. The van der Waals surface area contributed by atoms with Crippen molar-refractivity contribution in [3.05, 3.63) is 34.9 Å². The molecule has 4 amide bonds. The van der Waals surface area contributed by atoms with E-state index < -0.39 is 11.6 Å². The number of carbonyl (C=O) groups excluding carboxylic acids is 3. The Balaban J connectivity index is 1.28. The molecule has 4 rings (SSSR count). The zero-order chi connectivity index (χ0) is 21.1. The number of morpholine rings is 1. The van der Waals surface area contributed by atoms with Gasteiger partial charge in [0.2, 0.25) is 5.91 Å². The number of hydrazine groups is 1. The van der Waals surface area contributed by atoms with Crippen LogP contribution < -0.4 is 10.7 Å². The standard InChI is InChI=1S/C21H27ClN4O4/c22-16-6-4-15(5-7-16)17-14-25(12-13-30-17)11-8-18(27)24-26-19(28)21(23-20(26)29)9-2-1-3-10-21/h4-7,17H,1-3,8-14H2,(H,23,29)(H,24,27). The van der Waals surface area contributed by atoms with Gasteiger partial charge >= 0.3 is 6.03 Å². The van der Waals surface area contributed by atoms with Crippen LogP contribution in [0.1, 0.15) is 50.2 Å². The molecule has 0 radical (unpaired) electrons. The Hall–Kier alpha value is -2.16. The summed E-state index contributed by atoms with van der Waals surface area (Å²) in [4.78, 5) is 39.6. The van der Waals surface area contributed by atoms with Crippen molar-refractivity contribution in [1.29, 1.82) is 0 Å². The number of nitrogens with zero attached hydrogens (tertiary/aromatic N) is 2. The van der Waals surface area contributed by atoms with Crippen molar-refractivity contribution in [3.63, 3.8) is 0 Å². The van der Waals surface area contributed by atoms with Gasteiger partial charge in [0.05, 0.1) is 12.7 Å². The van der Waals surface area contributed by atoms with Crippen LogP contribution in [0.2, 0.25) is 5.02 Å². The van der Waals surface area contributed by atoms with E-state index in [0.29, 0.717) is 37.6 Å². The number of hydrogen-bond acceptors (Lipinski definition) is 5. The van der Waals surface area contributed by atoms with Crippen LogP contribution in [0.25, 0.3) is 0 Å². The van der Waals surface area contributed by atoms with Crippen LogP contribution in [0.3, 0.4) is 0 Å². The second-order valence-corrected chi connectivity index (χ2v) is 8.65. The smallest absolute Gasteiger partial charge is 0.344 e. The summed E-state index contributed by atoms with van der Waals surface area (Å²) in [6.45, 7) is 2.49. The highest BCUT2D eigenvalue weighted by molar-refractivity contribution is 6.30. The van der Waals surface area contributed by atoms with Crippen molar-refractivity contribution in [2.24, 2.45) is 0 Å². The summed E-state index contributed by atoms with van der Waals surface area (Å²) in [7, 11) is 0. The molecule has 8 nitrogen and oxygen atoms in total. The molecule has 1 atom stereocenters. The van der Waals surface area contributed by atoms with Crippen LogP contribution in [0.5, 0.6) is 0 Å². The molecule has 3 aliphatic rings. The molecule has 162 valence electrons. The molecule has 2 aliphatic heterocycles. The van der Waals surface area contributed by atoms with Gasteiger partial charge in [-0.25, -0.2) is 4.79 Å². The van der Waals surface area contributed by atoms with Gasteiger partial charge in [0.1, 0.15) is 5.54 Å². The Labute approximate surface area is 180 Å². The number of nitrogens with one attached hydrogen (secondary N) is 2. The molecule has 1 unspecified atom stereocenters. The summed E-state index contributed by atoms with van der Waals surface area (Å²) in [5.41, 5.74) is 2.71. The number of halogens is 1. The largest absolute Gasteiger partial charge is 0.371 e. The first-order valence-electron chi connectivity index (χ1n) is 10.5. The monoisotopic (exact) mass is 434 g/mol. The van der Waals surface area contributed by atoms with Crippen LogP contribution >= 0.6 is 11.6 Å². The highest BCUT2D eigenvalue weighted by atomic mass is 35.5. The van der Waals surface area contributed by atoms with Crippen LogP contribution in [-0.4, -0.2) is 59.5 Å². The van der Waals surface area contributed by atoms with Crippen molar-refractivity contribution >= 4 is 29.4 Å². The van der Waals surface area contributed by atoms with Gasteiger partial charge in [0.15, 0.2) is 0 Å². The SMILES string of the molecule is O=C(CCN1CCOC(c2ccc(Cl)cc2)C1)NN1C(=O)NC2(CCCCC2)C1=O. The molecule has 9 heteroatoms. The van der Waals surface area contributed by atoms with Crippen molar-refractivity contribution in [2.45, 2.75) is 50.2 Å². The quantitative estimate of drug-likeness (QED) is 0.694. The molecular formula is C21H27ClN4O4. The maximum Gasteiger partial charge on any atom is 0.344 e. The fourth-order valence-electron chi connectivity index (χ4n) is 4.44. The van der Waals surface area contributed by atoms with Crippen molar-refractivity contribution in [1.82, 2.24) is 20.7 Å². The van der Waals surface area contributed by atoms with Gasteiger partial charge in [-0.15, -0.1) is 0 Å². The second-order valence-electron chi connectivity index (χ2n) is 8.21. The summed E-state index contributed by atoms with van der Waals surface area (Å²) in [6.07, 6.45) is 4.24. The highest BCUT2D eigenvalue weighted by Gasteiger charge is 2.52. The number of imide groups is 1. The predicted octanol–water partition coefficient (Wildman–Crippen LogP) is 2.39. The van der Waals surface area contributed by atoms with Crippen LogP contribution in [0, 0.1) is 0 Å². The summed E-state index contributed by atoms with van der Waals surface area (Å²) >= 11 is 5.95. The zero-order valence-corrected chi connectivity index (χ0v) is 17.6. The summed E-state index contributed by atoms with van der Waals surface area (Å²) in [5, 5.41) is 4.34. The van der Waals surface area contributed by atoms with Crippen LogP contribution in [0.15, 0.2) is 24.3 Å². The molecule has 1 aliphatic carbocycles. The molecule has 0 bridgehead atoms. The predicted molar refractivity (Wildman–Crippen MR) is 111 cm³/mol. The van der Waals surface area contributed by atoms with Gasteiger partial charge in [0.25, 0.3) is 5.91 Å². The lowest BCUT2D eigenvalue weighted by molar-refractivity contribution is -0.140. The third-order valence-electron chi connectivity index (χ3n) is 6.15. The average Bonchev–Trinajstić information content (AvgIpc) is 2.97. The van der Waals surface area contributed by atoms with E-state index in [1.54, 1.807) is 0 Å². The molecule has 1 aromatic rings. The fourth-order valence-corrected chi connectivity index (χ4v) is 4.57. The summed E-state index contributed by atoms with van der Waals surface area (Å²) in [5.74, 6) is -0.685. The first kappa shape index (κ1) is 21.1. The van der Waals surface area contributed by atoms with E-state index in [1.165, 1.54) is 0 Å². The van der Waals surface area contributed by atoms with Crippen molar-refractivity contribution in [3.8, 4) is 0 Å². The van der Waals surface area contributed by atoms with E-state index in [1.807, 2.05) is 24.3 Å². The van der Waals surface area contributed by atoms with Crippen molar-refractivity contribution in [2.75, 3.05) is 26.2 Å². The summed E-state index contributed by atoms with van der Waals surface area (Å²) < 4.78 is 5.85. The third kappa shape index (κ3) is 4.45. The number of amides is 4. The minimum absolute atomic E-state index is 0.0730. The highest BCUT2D eigenvalue weighted by Crippen LogP contribution is 2.33. The molecule has 1 spiro atoms. The first-order chi connectivity index (χ1) is 14.5. The maximum atomic E-state index is 12.7. The van der Waals surface area contributed by atoms with E-state index in [2.05, 4.69) is 15.6 Å². The minimum atomic E-state index is -0.835. The van der Waals surface area contributed by atoms with Crippen molar-refractivity contribution < 1.29 is 19.1 Å². The molecule has 2 saturated heterocycles. The fraction of sp³-hybridized carbons (Fsp3) is 0.571. The van der Waals surface area contributed by atoms with E-state index in [9.17, 15) is 14.4 Å². The molecule has 1 aromatic carbocycles. The first-order valence-corrected chi connectivity index (χ1v) is 10.9. The van der Waals surface area contributed by atoms with Gasteiger partial charge in [-0.1, -0.05) is 43.0 Å². The van der Waals surface area contributed by atoms with E-state index in [-0.39, 0.29) is 24.3 Å². The van der Waals surface area contributed by atoms with Gasteiger partial charge in [-0.3, -0.25) is 19.9 Å². The topological polar surface area (TPSA) is 91.0 Å². The third-order valence-corrected chi connectivity index (χ3v) is 6.40. The molecule has 2 heterocycles. The lowest BCUT2D eigenvalue weighted by Crippen LogP contribution is -2.51. The number of hydrogen-bond donors (Lipinski definition) is 2. The lowest BCUT2D eigenvalue weighted by Gasteiger charge is -2.33. The number of carbonyl (C=O) groups is 3. The molecule has 30 heavy (non-hydrogen) atoms.